The van der Waals surface area contributed by atoms with E-state index in [4.69, 9.17) is 0 Å². The molecule has 2 rings (SSSR count). The van der Waals surface area contributed by atoms with Gasteiger partial charge in [-0.3, -0.25) is 9.48 Å². The van der Waals surface area contributed by atoms with E-state index < -0.39 is 0 Å². The predicted octanol–water partition coefficient (Wildman–Crippen LogP) is 0.814. The molecule has 5 nitrogen and oxygen atoms in total. The molecule has 0 radical (unpaired) electrons. The van der Waals surface area contributed by atoms with Crippen molar-refractivity contribution in [2.24, 2.45) is 12.5 Å². The van der Waals surface area contributed by atoms with E-state index in [1.807, 2.05) is 19.3 Å². The lowest BCUT2D eigenvalue weighted by Gasteiger charge is -2.38. The van der Waals surface area contributed by atoms with E-state index in [9.17, 15) is 4.79 Å². The van der Waals surface area contributed by atoms with Crippen LogP contribution in [-0.4, -0.2) is 28.3 Å². The molecule has 0 aliphatic carbocycles. The number of piperidine rings is 1. The van der Waals surface area contributed by atoms with Crippen molar-refractivity contribution in [2.45, 2.75) is 39.3 Å². The van der Waals surface area contributed by atoms with Gasteiger partial charge in [0.2, 0.25) is 5.91 Å². The summed E-state index contributed by atoms with van der Waals surface area (Å²) in [5.74, 6) is 0.0744. The summed E-state index contributed by atoms with van der Waals surface area (Å²) < 4.78 is 1.74. The molecule has 0 bridgehead atoms. The molecular formula is C13H22N4O. The van der Waals surface area contributed by atoms with Crippen LogP contribution in [0.4, 0.5) is 0 Å². The highest BCUT2D eigenvalue weighted by Crippen LogP contribution is 2.30. The van der Waals surface area contributed by atoms with Gasteiger partial charge < -0.3 is 10.6 Å². The van der Waals surface area contributed by atoms with Gasteiger partial charge in [0.15, 0.2) is 0 Å². The second kappa shape index (κ2) is 5.10. The van der Waals surface area contributed by atoms with Gasteiger partial charge >= 0.3 is 0 Å². The van der Waals surface area contributed by atoms with E-state index in [1.54, 1.807) is 4.68 Å². The Morgan fingerprint density at radius 1 is 1.67 bits per heavy atom. The molecule has 0 aromatic carbocycles. The highest BCUT2D eigenvalue weighted by Gasteiger charge is 2.36. The first kappa shape index (κ1) is 13.1. The van der Waals surface area contributed by atoms with Crippen molar-refractivity contribution in [1.29, 1.82) is 0 Å². The van der Waals surface area contributed by atoms with E-state index in [1.165, 1.54) is 0 Å². The summed E-state index contributed by atoms with van der Waals surface area (Å²) in [5, 5.41) is 10.5. The zero-order valence-electron chi connectivity index (χ0n) is 11.4. The first-order chi connectivity index (χ1) is 8.49. The lowest BCUT2D eigenvalue weighted by Crippen LogP contribution is -2.55. The van der Waals surface area contributed by atoms with Gasteiger partial charge in [-0.15, -0.1) is 0 Å². The van der Waals surface area contributed by atoms with Gasteiger partial charge in [-0.25, -0.2) is 0 Å². The standard InChI is InChI=1S/C13H22N4O/c1-13(2)6-4-7-14-11(13)12(18)15-9-10-5-8-17(3)16-10/h5,8,11,14H,4,6-7,9H2,1-3H3,(H,15,18). The highest BCUT2D eigenvalue weighted by atomic mass is 16.2. The normalized spacial score (nSPS) is 22.7. The molecule has 0 spiro atoms. The lowest BCUT2D eigenvalue weighted by molar-refractivity contribution is -0.127. The van der Waals surface area contributed by atoms with Crippen LogP contribution in [0.25, 0.3) is 0 Å². The minimum absolute atomic E-state index is 0.0203. The molecule has 1 saturated heterocycles. The quantitative estimate of drug-likeness (QED) is 0.835. The van der Waals surface area contributed by atoms with Crippen molar-refractivity contribution >= 4 is 5.91 Å². The maximum atomic E-state index is 12.2. The Balaban J connectivity index is 1.91. The van der Waals surface area contributed by atoms with Gasteiger partial charge in [-0.05, 0) is 30.9 Å². The average Bonchev–Trinajstić information content (AvgIpc) is 2.71. The van der Waals surface area contributed by atoms with Gasteiger partial charge in [0.25, 0.3) is 0 Å². The van der Waals surface area contributed by atoms with Crippen LogP contribution in [0.3, 0.4) is 0 Å². The average molecular weight is 250 g/mol. The summed E-state index contributed by atoms with van der Waals surface area (Å²) in [5.41, 5.74) is 0.909. The van der Waals surface area contributed by atoms with E-state index >= 15 is 0 Å². The fraction of sp³-hybridized carbons (Fsp3) is 0.692. The second-order valence-electron chi connectivity index (χ2n) is 5.68. The monoisotopic (exact) mass is 250 g/mol. The fourth-order valence-corrected chi connectivity index (χ4v) is 2.50. The minimum atomic E-state index is -0.102. The molecule has 1 atom stereocenters. The molecule has 0 saturated carbocycles. The maximum absolute atomic E-state index is 12.2. The Hall–Kier alpha value is -1.36. The lowest BCUT2D eigenvalue weighted by atomic mass is 9.77. The van der Waals surface area contributed by atoms with E-state index in [-0.39, 0.29) is 17.4 Å². The highest BCUT2D eigenvalue weighted by molar-refractivity contribution is 5.82. The van der Waals surface area contributed by atoms with Crippen LogP contribution in [-0.2, 0) is 18.4 Å². The topological polar surface area (TPSA) is 59.0 Å². The summed E-state index contributed by atoms with van der Waals surface area (Å²) >= 11 is 0. The van der Waals surface area contributed by atoms with Gasteiger partial charge in [-0.1, -0.05) is 13.8 Å². The Morgan fingerprint density at radius 3 is 3.06 bits per heavy atom. The van der Waals surface area contributed by atoms with Crippen molar-refractivity contribution < 1.29 is 4.79 Å². The molecule has 18 heavy (non-hydrogen) atoms. The number of aryl methyl sites for hydroxylation is 1. The number of amides is 1. The summed E-state index contributed by atoms with van der Waals surface area (Å²) in [7, 11) is 1.87. The molecule has 2 N–H and O–H groups in total. The summed E-state index contributed by atoms with van der Waals surface area (Å²) in [6, 6.07) is 1.81. The second-order valence-corrected chi connectivity index (χ2v) is 5.68. The number of carbonyl (C=O) groups is 1. The molecule has 1 aliphatic rings. The van der Waals surface area contributed by atoms with Crippen LogP contribution in [0.2, 0.25) is 0 Å². The van der Waals surface area contributed by atoms with Crippen LogP contribution in [0.5, 0.6) is 0 Å². The summed E-state index contributed by atoms with van der Waals surface area (Å²) in [6.07, 6.45) is 4.10. The largest absolute Gasteiger partial charge is 0.349 e. The van der Waals surface area contributed by atoms with Crippen molar-refractivity contribution in [3.8, 4) is 0 Å². The van der Waals surface area contributed by atoms with Crippen LogP contribution in [0.15, 0.2) is 12.3 Å². The number of rotatable bonds is 3. The summed E-state index contributed by atoms with van der Waals surface area (Å²) in [6.45, 7) is 5.70. The van der Waals surface area contributed by atoms with E-state index in [0.29, 0.717) is 6.54 Å². The van der Waals surface area contributed by atoms with Crippen LogP contribution in [0.1, 0.15) is 32.4 Å². The number of hydrogen-bond donors (Lipinski definition) is 2. The zero-order chi connectivity index (χ0) is 13.2. The predicted molar refractivity (Wildman–Crippen MR) is 69.9 cm³/mol. The molecule has 100 valence electrons. The Kier molecular flexibility index (Phi) is 3.71. The van der Waals surface area contributed by atoms with Crippen LogP contribution in [0, 0.1) is 5.41 Å². The molecule has 1 aromatic heterocycles. The third-order valence-electron chi connectivity index (χ3n) is 3.60. The molecule has 5 heteroatoms. The maximum Gasteiger partial charge on any atom is 0.238 e. The molecule has 1 fully saturated rings. The zero-order valence-corrected chi connectivity index (χ0v) is 11.4. The third-order valence-corrected chi connectivity index (χ3v) is 3.60. The first-order valence-electron chi connectivity index (χ1n) is 6.49. The van der Waals surface area contributed by atoms with Crippen molar-refractivity contribution in [2.75, 3.05) is 6.54 Å². The van der Waals surface area contributed by atoms with Crippen LogP contribution < -0.4 is 10.6 Å². The molecule has 1 amide bonds. The van der Waals surface area contributed by atoms with E-state index in [0.717, 1.165) is 25.1 Å². The molecular weight excluding hydrogens is 228 g/mol. The van der Waals surface area contributed by atoms with Crippen molar-refractivity contribution in [3.05, 3.63) is 18.0 Å². The molecule has 1 aliphatic heterocycles. The number of nitrogens with one attached hydrogen (secondary N) is 2. The molecule has 1 unspecified atom stereocenters. The van der Waals surface area contributed by atoms with Gasteiger partial charge in [0, 0.05) is 13.2 Å². The summed E-state index contributed by atoms with van der Waals surface area (Å²) in [4.78, 5) is 12.2. The van der Waals surface area contributed by atoms with E-state index in [2.05, 4.69) is 29.6 Å². The number of aromatic nitrogens is 2. The van der Waals surface area contributed by atoms with Crippen molar-refractivity contribution in [3.63, 3.8) is 0 Å². The number of carbonyl (C=O) groups excluding carboxylic acids is 1. The number of hydrogen-bond acceptors (Lipinski definition) is 3. The Labute approximate surface area is 108 Å². The van der Waals surface area contributed by atoms with Crippen LogP contribution >= 0.6 is 0 Å². The number of nitrogens with zero attached hydrogens (tertiary/aromatic N) is 2. The van der Waals surface area contributed by atoms with Gasteiger partial charge in [0.1, 0.15) is 0 Å². The third kappa shape index (κ3) is 2.90. The van der Waals surface area contributed by atoms with Gasteiger partial charge in [-0.2, -0.15) is 5.10 Å². The first-order valence-corrected chi connectivity index (χ1v) is 6.49. The molecule has 2 heterocycles. The minimum Gasteiger partial charge on any atom is -0.349 e. The Bertz CT molecular complexity index is 424. The van der Waals surface area contributed by atoms with Gasteiger partial charge in [0.05, 0.1) is 18.3 Å². The van der Waals surface area contributed by atoms with Crippen molar-refractivity contribution in [1.82, 2.24) is 20.4 Å². The smallest absolute Gasteiger partial charge is 0.238 e. The Morgan fingerprint density at radius 2 is 2.44 bits per heavy atom. The SMILES string of the molecule is Cn1ccc(CNC(=O)C2NCCCC2(C)C)n1. The fourth-order valence-electron chi connectivity index (χ4n) is 2.50. The molecule has 1 aromatic rings.